The first-order valence-corrected chi connectivity index (χ1v) is 7.47. The second-order valence-corrected chi connectivity index (χ2v) is 7.42. The van der Waals surface area contributed by atoms with Gasteiger partial charge in [0.15, 0.2) is 0 Å². The summed E-state index contributed by atoms with van der Waals surface area (Å²) in [4.78, 5) is 0. The Morgan fingerprint density at radius 1 is 1.29 bits per heavy atom. The van der Waals surface area contributed by atoms with E-state index in [0.717, 1.165) is 6.07 Å². The van der Waals surface area contributed by atoms with E-state index in [-0.39, 0.29) is 0 Å². The molecule has 0 aromatic heterocycles. The minimum Gasteiger partial charge on any atom is -0.413 e. The van der Waals surface area contributed by atoms with Crippen molar-refractivity contribution in [3.05, 3.63) is 29.8 Å². The summed E-state index contributed by atoms with van der Waals surface area (Å²) in [5.74, 6) is -1.05. The van der Waals surface area contributed by atoms with Crippen molar-refractivity contribution < 1.29 is 13.2 Å². The second-order valence-electron chi connectivity index (χ2n) is 3.57. The molecule has 1 nitrogen and oxygen atoms in total. The number of halogens is 2. The fraction of sp³-hybridized carbons (Fsp3) is 0.400. The third-order valence-electron chi connectivity index (χ3n) is 2.08. The molecule has 0 aliphatic heterocycles. The van der Waals surface area contributed by atoms with Crippen LogP contribution in [0.2, 0.25) is 13.1 Å². The van der Waals surface area contributed by atoms with Crippen LogP contribution in [-0.4, -0.2) is 14.9 Å². The van der Waals surface area contributed by atoms with Crippen LogP contribution < -0.4 is 5.19 Å². The molecule has 1 rings (SSSR count). The van der Waals surface area contributed by atoms with E-state index in [1.54, 1.807) is 0 Å². The highest BCUT2D eigenvalue weighted by molar-refractivity contribution is 6.84. The number of hydrogen-bond acceptors (Lipinski definition) is 1. The summed E-state index contributed by atoms with van der Waals surface area (Å²) in [6.45, 7) is 6.21. The molecule has 0 aliphatic rings. The van der Waals surface area contributed by atoms with Crippen LogP contribution in [-0.2, 0) is 4.43 Å². The fourth-order valence-corrected chi connectivity index (χ4v) is 3.43. The zero-order valence-electron chi connectivity index (χ0n) is 8.60. The van der Waals surface area contributed by atoms with Crippen molar-refractivity contribution in [2.24, 2.45) is 0 Å². The molecule has 78 valence electrons. The highest BCUT2D eigenvalue weighted by Gasteiger charge is 2.28. The lowest BCUT2D eigenvalue weighted by atomic mass is 10.3. The Bertz CT molecular complexity index is 326. The van der Waals surface area contributed by atoms with Crippen LogP contribution in [0, 0.1) is 11.6 Å². The molecule has 0 heterocycles. The van der Waals surface area contributed by atoms with Gasteiger partial charge in [0.1, 0.15) is 11.6 Å². The van der Waals surface area contributed by atoms with Crippen LogP contribution in [0.5, 0.6) is 0 Å². The topological polar surface area (TPSA) is 9.23 Å². The van der Waals surface area contributed by atoms with Crippen LogP contribution in [0.3, 0.4) is 0 Å². The Kier molecular flexibility index (Phi) is 3.39. The van der Waals surface area contributed by atoms with E-state index in [4.69, 9.17) is 4.43 Å². The van der Waals surface area contributed by atoms with Crippen LogP contribution in [0.25, 0.3) is 0 Å². The molecule has 1 aromatic carbocycles. The molecule has 0 N–H and O–H groups in total. The molecular weight excluding hydrogens is 202 g/mol. The van der Waals surface area contributed by atoms with E-state index in [1.165, 1.54) is 12.1 Å². The molecule has 0 bridgehead atoms. The Labute approximate surface area is 83.8 Å². The smallest absolute Gasteiger partial charge is 0.220 e. The molecule has 0 fully saturated rings. The van der Waals surface area contributed by atoms with Gasteiger partial charge < -0.3 is 4.43 Å². The minimum absolute atomic E-state index is 0.505. The van der Waals surface area contributed by atoms with Gasteiger partial charge in [0.2, 0.25) is 8.32 Å². The van der Waals surface area contributed by atoms with Crippen molar-refractivity contribution in [2.45, 2.75) is 20.0 Å². The van der Waals surface area contributed by atoms with Gasteiger partial charge in [-0.05, 0) is 26.1 Å². The summed E-state index contributed by atoms with van der Waals surface area (Å²) < 4.78 is 31.6. The molecule has 4 heteroatoms. The summed E-state index contributed by atoms with van der Waals surface area (Å²) >= 11 is 0. The van der Waals surface area contributed by atoms with Gasteiger partial charge in [0.05, 0.1) is 0 Å². The molecule has 0 amide bonds. The predicted molar refractivity (Wildman–Crippen MR) is 55.1 cm³/mol. The van der Waals surface area contributed by atoms with E-state index in [2.05, 4.69) is 0 Å². The van der Waals surface area contributed by atoms with E-state index in [9.17, 15) is 8.78 Å². The van der Waals surface area contributed by atoms with E-state index >= 15 is 0 Å². The summed E-state index contributed by atoms with van der Waals surface area (Å²) in [6.07, 6.45) is 0. The van der Waals surface area contributed by atoms with Gasteiger partial charge in [0.25, 0.3) is 0 Å². The van der Waals surface area contributed by atoms with Crippen molar-refractivity contribution >= 4 is 13.5 Å². The Balaban J connectivity index is 3.06. The van der Waals surface area contributed by atoms with Crippen molar-refractivity contribution in [1.29, 1.82) is 0 Å². The normalized spacial score (nSPS) is 11.8. The Morgan fingerprint density at radius 2 is 1.93 bits per heavy atom. The van der Waals surface area contributed by atoms with Gasteiger partial charge in [0, 0.05) is 17.9 Å². The quantitative estimate of drug-likeness (QED) is 0.705. The molecule has 0 radical (unpaired) electrons. The molecule has 14 heavy (non-hydrogen) atoms. The van der Waals surface area contributed by atoms with Crippen molar-refractivity contribution in [3.8, 4) is 0 Å². The van der Waals surface area contributed by atoms with Crippen LogP contribution in [0.15, 0.2) is 18.2 Å². The fourth-order valence-electron chi connectivity index (χ4n) is 1.42. The standard InChI is InChI=1S/C10H14F2OSi/c1-4-13-14(2,3)10-6-5-8(11)7-9(10)12/h5-7H,4H2,1-3H3. The highest BCUT2D eigenvalue weighted by atomic mass is 28.4. The third-order valence-corrected chi connectivity index (χ3v) is 4.80. The molecule has 0 unspecified atom stereocenters. The average Bonchev–Trinajstić information content (AvgIpc) is 2.02. The maximum Gasteiger partial charge on any atom is 0.220 e. The minimum atomic E-state index is -2.19. The number of rotatable bonds is 3. The zero-order valence-corrected chi connectivity index (χ0v) is 9.60. The van der Waals surface area contributed by atoms with E-state index in [0.29, 0.717) is 11.8 Å². The van der Waals surface area contributed by atoms with Crippen molar-refractivity contribution in [3.63, 3.8) is 0 Å². The zero-order chi connectivity index (χ0) is 10.8. The van der Waals surface area contributed by atoms with Gasteiger partial charge in [-0.2, -0.15) is 0 Å². The summed E-state index contributed by atoms with van der Waals surface area (Å²) in [6, 6.07) is 3.65. The maximum absolute atomic E-state index is 13.4. The largest absolute Gasteiger partial charge is 0.413 e. The predicted octanol–water partition coefficient (Wildman–Crippen LogP) is 2.41. The van der Waals surface area contributed by atoms with Gasteiger partial charge >= 0.3 is 0 Å². The number of hydrogen-bond donors (Lipinski definition) is 0. The molecule has 0 aliphatic carbocycles. The summed E-state index contributed by atoms with van der Waals surface area (Å²) in [5, 5.41) is 0.515. The van der Waals surface area contributed by atoms with Crippen molar-refractivity contribution in [2.75, 3.05) is 6.61 Å². The summed E-state index contributed by atoms with van der Waals surface area (Å²) in [7, 11) is -2.19. The first-order valence-electron chi connectivity index (χ1n) is 4.57. The van der Waals surface area contributed by atoms with Crippen molar-refractivity contribution in [1.82, 2.24) is 0 Å². The molecule has 0 saturated heterocycles. The molecule has 0 atom stereocenters. The Morgan fingerprint density at radius 3 is 2.43 bits per heavy atom. The third kappa shape index (κ3) is 2.39. The van der Waals surface area contributed by atoms with Gasteiger partial charge in [-0.15, -0.1) is 0 Å². The molecular formula is C10H14F2OSi. The van der Waals surface area contributed by atoms with E-state index < -0.39 is 20.0 Å². The maximum atomic E-state index is 13.4. The van der Waals surface area contributed by atoms with E-state index in [1.807, 2.05) is 20.0 Å². The molecule has 0 saturated carbocycles. The lowest BCUT2D eigenvalue weighted by Crippen LogP contribution is -2.46. The van der Waals surface area contributed by atoms with Crippen LogP contribution in [0.4, 0.5) is 8.78 Å². The molecule has 0 spiro atoms. The first kappa shape index (κ1) is 11.3. The lowest BCUT2D eigenvalue weighted by molar-refractivity contribution is 0.338. The van der Waals surface area contributed by atoms with Gasteiger partial charge in [-0.3, -0.25) is 0 Å². The molecule has 1 aromatic rings. The first-order chi connectivity index (χ1) is 6.47. The SMILES string of the molecule is CCO[Si](C)(C)c1ccc(F)cc1F. The number of benzene rings is 1. The van der Waals surface area contributed by atoms with Crippen LogP contribution in [0.1, 0.15) is 6.92 Å². The lowest BCUT2D eigenvalue weighted by Gasteiger charge is -2.22. The van der Waals surface area contributed by atoms with Gasteiger partial charge in [-0.1, -0.05) is 6.07 Å². The second kappa shape index (κ2) is 4.19. The van der Waals surface area contributed by atoms with Gasteiger partial charge in [-0.25, -0.2) is 8.78 Å². The highest BCUT2D eigenvalue weighted by Crippen LogP contribution is 2.09. The average molecular weight is 216 g/mol. The Hall–Kier alpha value is -0.743. The summed E-state index contributed by atoms with van der Waals surface area (Å²) in [5.41, 5.74) is 0. The van der Waals surface area contributed by atoms with Crippen LogP contribution >= 0.6 is 0 Å². The monoisotopic (exact) mass is 216 g/mol.